The van der Waals surface area contributed by atoms with E-state index in [0.29, 0.717) is 0 Å². The van der Waals surface area contributed by atoms with E-state index in [9.17, 15) is 0 Å². The molecule has 110 valence electrons. The van der Waals surface area contributed by atoms with Gasteiger partial charge in [-0.1, -0.05) is 47.7 Å². The van der Waals surface area contributed by atoms with Crippen LogP contribution in [0, 0.1) is 0 Å². The van der Waals surface area contributed by atoms with Crippen molar-refractivity contribution in [3.8, 4) is 0 Å². The average molecular weight is 297 g/mol. The van der Waals surface area contributed by atoms with Crippen LogP contribution in [0.15, 0.2) is 70.0 Å². The molecule has 0 saturated carbocycles. The van der Waals surface area contributed by atoms with E-state index in [1.807, 2.05) is 0 Å². The first kappa shape index (κ1) is 15.9. The van der Waals surface area contributed by atoms with Crippen LogP contribution in [0.4, 0.5) is 0 Å². The summed E-state index contributed by atoms with van der Waals surface area (Å²) in [5, 5.41) is 0. The average Bonchev–Trinajstić information content (AvgIpc) is 2.47. The zero-order valence-electron chi connectivity index (χ0n) is 13.3. The van der Waals surface area contributed by atoms with E-state index < -0.39 is 0 Å². The van der Waals surface area contributed by atoms with Gasteiger partial charge in [-0.25, -0.2) is 0 Å². The zero-order valence-corrected chi connectivity index (χ0v) is 14.1. The summed E-state index contributed by atoms with van der Waals surface area (Å²) < 4.78 is 0. The summed E-state index contributed by atoms with van der Waals surface area (Å²) in [6.07, 6.45) is 0. The highest BCUT2D eigenvalue weighted by atomic mass is 32.2. The molecule has 0 N–H and O–H groups in total. The van der Waals surface area contributed by atoms with Gasteiger partial charge >= 0.3 is 0 Å². The highest BCUT2D eigenvalue weighted by molar-refractivity contribution is 7.99. The van der Waals surface area contributed by atoms with E-state index in [4.69, 9.17) is 0 Å². The molecule has 2 rings (SSSR count). The second-order valence-corrected chi connectivity index (χ2v) is 6.73. The zero-order chi connectivity index (χ0) is 15.2. The Labute approximate surface area is 132 Å². The van der Waals surface area contributed by atoms with Gasteiger partial charge in [-0.2, -0.15) is 0 Å². The number of benzene rings is 2. The molecular weight excluding hydrogens is 274 g/mol. The minimum atomic E-state index is 1.01. The third kappa shape index (κ3) is 4.76. The molecule has 0 heterocycles. The summed E-state index contributed by atoms with van der Waals surface area (Å²) in [6.45, 7) is 5.42. The van der Waals surface area contributed by atoms with E-state index >= 15 is 0 Å². The Balaban J connectivity index is 2.12. The van der Waals surface area contributed by atoms with Gasteiger partial charge in [0.15, 0.2) is 0 Å². The molecule has 0 bridgehead atoms. The Morgan fingerprint density at radius 3 is 2.00 bits per heavy atom. The molecule has 0 aliphatic carbocycles. The molecule has 0 atom stereocenters. The Morgan fingerprint density at radius 1 is 0.857 bits per heavy atom. The first-order valence-electron chi connectivity index (χ1n) is 7.20. The first-order chi connectivity index (χ1) is 10.1. The van der Waals surface area contributed by atoms with E-state index in [-0.39, 0.29) is 0 Å². The Morgan fingerprint density at radius 2 is 1.43 bits per heavy atom. The predicted molar refractivity (Wildman–Crippen MR) is 93.8 cm³/mol. The van der Waals surface area contributed by atoms with Crippen LogP contribution in [0.1, 0.15) is 19.4 Å². The Bertz CT molecular complexity index is 597. The van der Waals surface area contributed by atoms with Gasteiger partial charge in [0.25, 0.3) is 0 Å². The highest BCUT2D eigenvalue weighted by Crippen LogP contribution is 2.29. The van der Waals surface area contributed by atoms with Crippen LogP contribution in [0.2, 0.25) is 0 Å². The summed E-state index contributed by atoms with van der Waals surface area (Å²) in [6, 6.07) is 19.4. The smallest absolute Gasteiger partial charge is 0.0189 e. The number of allylic oxidation sites excluding steroid dienone is 1. The first-order valence-corrected chi connectivity index (χ1v) is 8.02. The standard InChI is InChI=1S/C19H23NS/c1-15(14-20(3)4)16(2)17-10-12-19(13-11-17)21-18-8-6-5-7-9-18/h5-13H,14H2,1-4H3. The van der Waals surface area contributed by atoms with Crippen LogP contribution < -0.4 is 0 Å². The lowest BCUT2D eigenvalue weighted by atomic mass is 10.0. The number of hydrogen-bond donors (Lipinski definition) is 0. The van der Waals surface area contributed by atoms with E-state index in [1.54, 1.807) is 11.8 Å². The SMILES string of the molecule is CC(CN(C)C)=C(C)c1ccc(Sc2ccccc2)cc1. The van der Waals surface area contributed by atoms with Gasteiger partial charge in [0.05, 0.1) is 0 Å². The van der Waals surface area contributed by atoms with Crippen molar-refractivity contribution in [2.45, 2.75) is 23.6 Å². The summed E-state index contributed by atoms with van der Waals surface area (Å²) in [4.78, 5) is 4.77. The molecular formula is C19H23NS. The monoisotopic (exact) mass is 297 g/mol. The minimum absolute atomic E-state index is 1.01. The normalized spacial score (nSPS) is 12.4. The van der Waals surface area contributed by atoms with Gasteiger partial charge in [-0.05, 0) is 63.3 Å². The highest BCUT2D eigenvalue weighted by Gasteiger charge is 2.03. The van der Waals surface area contributed by atoms with Crippen LogP contribution >= 0.6 is 11.8 Å². The maximum atomic E-state index is 2.22. The topological polar surface area (TPSA) is 3.24 Å². The molecule has 1 nitrogen and oxygen atoms in total. The van der Waals surface area contributed by atoms with E-state index in [2.05, 4.69) is 87.4 Å². The van der Waals surface area contributed by atoms with Gasteiger partial charge in [0, 0.05) is 16.3 Å². The van der Waals surface area contributed by atoms with E-state index in [0.717, 1.165) is 6.54 Å². The molecule has 0 saturated heterocycles. The van der Waals surface area contributed by atoms with Crippen LogP contribution in [0.3, 0.4) is 0 Å². The van der Waals surface area contributed by atoms with E-state index in [1.165, 1.54) is 26.5 Å². The van der Waals surface area contributed by atoms with Crippen LogP contribution in [0.5, 0.6) is 0 Å². The van der Waals surface area contributed by atoms with Gasteiger partial charge in [-0.15, -0.1) is 0 Å². The lowest BCUT2D eigenvalue weighted by Gasteiger charge is -2.13. The lowest BCUT2D eigenvalue weighted by Crippen LogP contribution is -2.14. The Hall–Kier alpha value is -1.51. The summed E-state index contributed by atoms with van der Waals surface area (Å²) >= 11 is 1.80. The summed E-state index contributed by atoms with van der Waals surface area (Å²) in [5.74, 6) is 0. The number of likely N-dealkylation sites (N-methyl/N-ethyl adjacent to an activating group) is 1. The maximum Gasteiger partial charge on any atom is 0.0189 e. The van der Waals surface area contributed by atoms with Gasteiger partial charge in [0.2, 0.25) is 0 Å². The van der Waals surface area contributed by atoms with Gasteiger partial charge in [-0.3, -0.25) is 0 Å². The van der Waals surface area contributed by atoms with Crippen molar-refractivity contribution in [3.63, 3.8) is 0 Å². The second kappa shape index (κ2) is 7.48. The predicted octanol–water partition coefficient (Wildman–Crippen LogP) is 5.19. The van der Waals surface area contributed by atoms with Crippen molar-refractivity contribution in [3.05, 3.63) is 65.7 Å². The van der Waals surface area contributed by atoms with Crippen molar-refractivity contribution in [1.82, 2.24) is 4.90 Å². The second-order valence-electron chi connectivity index (χ2n) is 5.58. The molecule has 2 aromatic carbocycles. The molecule has 0 radical (unpaired) electrons. The van der Waals surface area contributed by atoms with Crippen LogP contribution in [-0.2, 0) is 0 Å². The van der Waals surface area contributed by atoms with Crippen LogP contribution in [0.25, 0.3) is 5.57 Å². The molecule has 0 aliphatic heterocycles. The fraction of sp³-hybridized carbons (Fsp3) is 0.263. The fourth-order valence-electron chi connectivity index (χ4n) is 2.24. The van der Waals surface area contributed by atoms with Crippen molar-refractivity contribution in [1.29, 1.82) is 0 Å². The Kier molecular flexibility index (Phi) is 5.66. The van der Waals surface area contributed by atoms with Gasteiger partial charge < -0.3 is 4.90 Å². The fourth-order valence-corrected chi connectivity index (χ4v) is 3.07. The van der Waals surface area contributed by atoms with Gasteiger partial charge in [0.1, 0.15) is 0 Å². The quantitative estimate of drug-likeness (QED) is 0.747. The van der Waals surface area contributed by atoms with Crippen LogP contribution in [-0.4, -0.2) is 25.5 Å². The largest absolute Gasteiger partial charge is 0.305 e. The van der Waals surface area contributed by atoms with Crippen molar-refractivity contribution in [2.24, 2.45) is 0 Å². The third-order valence-corrected chi connectivity index (χ3v) is 4.48. The molecule has 0 aromatic heterocycles. The molecule has 21 heavy (non-hydrogen) atoms. The molecule has 0 amide bonds. The number of hydrogen-bond acceptors (Lipinski definition) is 2. The summed E-state index contributed by atoms with van der Waals surface area (Å²) in [5.41, 5.74) is 4.11. The molecule has 0 spiro atoms. The molecule has 0 unspecified atom stereocenters. The molecule has 0 fully saturated rings. The van der Waals surface area contributed by atoms with Crippen molar-refractivity contribution < 1.29 is 0 Å². The number of rotatable bonds is 5. The molecule has 0 aliphatic rings. The number of nitrogens with zero attached hydrogens (tertiary/aromatic N) is 1. The third-order valence-electron chi connectivity index (χ3n) is 3.46. The van der Waals surface area contributed by atoms with Crippen molar-refractivity contribution in [2.75, 3.05) is 20.6 Å². The summed E-state index contributed by atoms with van der Waals surface area (Å²) in [7, 11) is 4.22. The lowest BCUT2D eigenvalue weighted by molar-refractivity contribution is 0.446. The molecule has 2 heteroatoms. The van der Waals surface area contributed by atoms with Crippen molar-refractivity contribution >= 4 is 17.3 Å². The molecule has 2 aromatic rings. The minimum Gasteiger partial charge on any atom is -0.305 e. The maximum absolute atomic E-state index is 2.22.